The van der Waals surface area contributed by atoms with Gasteiger partial charge in [-0.15, -0.1) is 0 Å². The van der Waals surface area contributed by atoms with Gasteiger partial charge in [0.1, 0.15) is 24.5 Å². The summed E-state index contributed by atoms with van der Waals surface area (Å²) in [4.78, 5) is 44.3. The van der Waals surface area contributed by atoms with E-state index < -0.39 is 48.1 Å². The number of ether oxygens (including phenoxy) is 4. The molecule has 44 heavy (non-hydrogen) atoms. The average molecular weight is 608 g/mol. The second-order valence-corrected chi connectivity index (χ2v) is 11.5. The quantitative estimate of drug-likeness (QED) is 0.211. The summed E-state index contributed by atoms with van der Waals surface area (Å²) >= 11 is 0. The van der Waals surface area contributed by atoms with E-state index in [2.05, 4.69) is 6.07 Å². The van der Waals surface area contributed by atoms with Crippen LogP contribution in [0.5, 0.6) is 17.2 Å². The highest BCUT2D eigenvalue weighted by Gasteiger charge is 2.61. The highest BCUT2D eigenvalue weighted by atomic mass is 16.5. The molecule has 1 aromatic rings. The summed E-state index contributed by atoms with van der Waals surface area (Å²) in [5.74, 6) is -1.81. The van der Waals surface area contributed by atoms with Crippen LogP contribution in [0.15, 0.2) is 34.1 Å². The van der Waals surface area contributed by atoms with Crippen LogP contribution < -0.4 is 4.74 Å². The Balaban J connectivity index is 1.79. The molecule has 0 unspecified atom stereocenters. The number of fused-ring (bicyclic) bond motifs is 6. The summed E-state index contributed by atoms with van der Waals surface area (Å²) in [6.45, 7) is 6.12. The second-order valence-electron chi connectivity index (χ2n) is 11.5. The predicted octanol–water partition coefficient (Wildman–Crippen LogP) is 2.68. The number of phenolic OH excluding ortho intramolecular Hbond substituents is 2. The number of rotatable bonds is 6. The number of nitriles is 1. The fourth-order valence-electron chi connectivity index (χ4n) is 7.51. The van der Waals surface area contributed by atoms with E-state index in [0.717, 1.165) is 0 Å². The molecule has 1 saturated heterocycles. The van der Waals surface area contributed by atoms with Gasteiger partial charge in [0.2, 0.25) is 5.78 Å². The van der Waals surface area contributed by atoms with Gasteiger partial charge >= 0.3 is 5.97 Å². The number of hydrogen-bond acceptors (Lipinski definition) is 12. The Morgan fingerprint density at radius 2 is 1.77 bits per heavy atom. The molecule has 5 rings (SSSR count). The number of Topliss-reactive ketones (excluding diaryl/α,β-unsaturated/α-hetero) is 2. The van der Waals surface area contributed by atoms with Crippen LogP contribution in [0.3, 0.4) is 0 Å². The van der Waals surface area contributed by atoms with E-state index in [4.69, 9.17) is 18.9 Å². The van der Waals surface area contributed by atoms with Crippen molar-refractivity contribution in [2.45, 2.75) is 70.4 Å². The summed E-state index contributed by atoms with van der Waals surface area (Å²) < 4.78 is 22.5. The first-order valence-electron chi connectivity index (χ1n) is 14.3. The molecule has 12 nitrogen and oxygen atoms in total. The van der Waals surface area contributed by atoms with Crippen molar-refractivity contribution in [1.82, 2.24) is 9.80 Å². The second kappa shape index (κ2) is 11.4. The number of phenols is 2. The van der Waals surface area contributed by atoms with Gasteiger partial charge in [-0.25, -0.2) is 4.79 Å². The molecule has 1 aliphatic carbocycles. The van der Waals surface area contributed by atoms with Crippen molar-refractivity contribution < 1.29 is 43.5 Å². The largest absolute Gasteiger partial charge is 0.507 e. The van der Waals surface area contributed by atoms with Crippen LogP contribution in [0.1, 0.15) is 56.0 Å². The van der Waals surface area contributed by atoms with Crippen LogP contribution in [0.4, 0.5) is 0 Å². The van der Waals surface area contributed by atoms with Crippen molar-refractivity contribution in [3.05, 3.63) is 50.8 Å². The standard InChI is InChI=1S/C32H37N3O9/c1-9-13(2)32(40)44-12-19-20-16(25(36)14(3)29(41-6)27(20)38)10-17-23-21-22(26(37)15(4)30(42-7)28(21)39)31(43-8)24(34(23)5)18(11-33)35(17)19/h9,17-19,23-24,31,37,39H,10,12H2,1-8H3/b13-9-/t17-,18-,19-,23-,24+,31-/m0/s1. The Kier molecular flexibility index (Phi) is 8.09. The molecule has 2 N–H and O–H groups in total. The molecule has 2 bridgehead atoms. The minimum absolute atomic E-state index is 0.0416. The Morgan fingerprint density at radius 3 is 2.34 bits per heavy atom. The third kappa shape index (κ3) is 4.17. The van der Waals surface area contributed by atoms with Gasteiger partial charge in [0, 0.05) is 52.1 Å². The van der Waals surface area contributed by atoms with Crippen molar-refractivity contribution >= 4 is 17.5 Å². The number of aromatic hydroxyl groups is 2. The molecule has 0 saturated carbocycles. The number of benzene rings is 1. The first kappa shape index (κ1) is 31.3. The first-order chi connectivity index (χ1) is 20.9. The van der Waals surface area contributed by atoms with Gasteiger partial charge in [0.15, 0.2) is 23.0 Å². The topological polar surface area (TPSA) is 159 Å². The molecule has 0 spiro atoms. The van der Waals surface area contributed by atoms with E-state index in [1.54, 1.807) is 33.9 Å². The van der Waals surface area contributed by atoms with Crippen LogP contribution >= 0.6 is 0 Å². The number of nitrogens with zero attached hydrogens (tertiary/aromatic N) is 3. The van der Waals surface area contributed by atoms with E-state index in [-0.39, 0.29) is 58.5 Å². The lowest BCUT2D eigenvalue weighted by Gasteiger charge is -2.61. The van der Waals surface area contributed by atoms with E-state index in [1.807, 2.05) is 9.80 Å². The van der Waals surface area contributed by atoms with Gasteiger partial charge < -0.3 is 29.2 Å². The number of piperazine rings is 1. The van der Waals surface area contributed by atoms with Gasteiger partial charge in [-0.2, -0.15) is 5.26 Å². The fourth-order valence-corrected chi connectivity index (χ4v) is 7.51. The highest BCUT2D eigenvalue weighted by molar-refractivity contribution is 6.25. The van der Waals surface area contributed by atoms with Crippen LogP contribution in [-0.2, 0) is 28.6 Å². The molecule has 0 radical (unpaired) electrons. The minimum Gasteiger partial charge on any atom is -0.507 e. The van der Waals surface area contributed by atoms with Crippen molar-refractivity contribution in [3.8, 4) is 23.3 Å². The molecule has 12 heteroatoms. The summed E-state index contributed by atoms with van der Waals surface area (Å²) in [5, 5.41) is 33.8. The number of hydrogen-bond donors (Lipinski definition) is 2. The van der Waals surface area contributed by atoms with Gasteiger partial charge in [-0.1, -0.05) is 6.08 Å². The molecule has 4 aliphatic rings. The maximum Gasteiger partial charge on any atom is 0.333 e. The molecule has 6 atom stereocenters. The van der Waals surface area contributed by atoms with E-state index in [1.165, 1.54) is 28.3 Å². The summed E-state index contributed by atoms with van der Waals surface area (Å²) in [6.07, 6.45) is 0.765. The van der Waals surface area contributed by atoms with Gasteiger partial charge in [-0.05, 0) is 41.2 Å². The lowest BCUT2D eigenvalue weighted by molar-refractivity contribution is -0.148. The van der Waals surface area contributed by atoms with Gasteiger partial charge in [0.05, 0.1) is 38.4 Å². The predicted molar refractivity (Wildman–Crippen MR) is 156 cm³/mol. The summed E-state index contributed by atoms with van der Waals surface area (Å²) in [6, 6.07) is -1.62. The lowest BCUT2D eigenvalue weighted by atomic mass is 9.68. The number of likely N-dealkylation sites (N-methyl/N-ethyl adjacent to an activating group) is 1. The summed E-state index contributed by atoms with van der Waals surface area (Å²) in [7, 11) is 5.95. The third-order valence-corrected chi connectivity index (χ3v) is 9.66. The van der Waals surface area contributed by atoms with Crippen LogP contribution in [0.2, 0.25) is 0 Å². The number of carbonyl (C=O) groups excluding carboxylic acids is 3. The van der Waals surface area contributed by atoms with Crippen molar-refractivity contribution in [2.24, 2.45) is 0 Å². The Hall–Kier alpha value is -4.18. The zero-order chi connectivity index (χ0) is 32.4. The van der Waals surface area contributed by atoms with Crippen molar-refractivity contribution in [3.63, 3.8) is 0 Å². The fraction of sp³-hybridized carbons (Fsp3) is 0.500. The number of methoxy groups -OCH3 is 3. The van der Waals surface area contributed by atoms with Crippen LogP contribution in [0, 0.1) is 18.3 Å². The maximum absolute atomic E-state index is 13.9. The Labute approximate surface area is 255 Å². The van der Waals surface area contributed by atoms with E-state index in [9.17, 15) is 29.9 Å². The van der Waals surface area contributed by atoms with Gasteiger partial charge in [0.25, 0.3) is 0 Å². The van der Waals surface area contributed by atoms with Crippen molar-refractivity contribution in [1.29, 1.82) is 5.26 Å². The highest BCUT2D eigenvalue weighted by Crippen LogP contribution is 2.59. The number of allylic oxidation sites excluding steroid dienone is 3. The normalized spacial score (nSPS) is 28.7. The SMILES string of the molecule is C/C=C(/C)C(=O)OC[C@H]1C2=C(C[C@H]3[C@H]4c5c(O)c(OC)c(C)c(O)c5[C@H](OC)[C@@H]([C@H](C#N)N13)N4C)C(=O)C(C)=C(OC)C2=O. The Morgan fingerprint density at radius 1 is 1.09 bits per heavy atom. The smallest absolute Gasteiger partial charge is 0.333 e. The molecule has 3 heterocycles. The first-order valence-corrected chi connectivity index (χ1v) is 14.3. The zero-order valence-corrected chi connectivity index (χ0v) is 26.0. The number of carbonyl (C=O) groups is 3. The molecule has 0 aromatic heterocycles. The molecule has 1 fully saturated rings. The van der Waals surface area contributed by atoms with Crippen LogP contribution in [-0.4, -0.2) is 96.7 Å². The minimum atomic E-state index is -1.00. The van der Waals surface area contributed by atoms with Gasteiger partial charge in [-0.3, -0.25) is 19.4 Å². The summed E-state index contributed by atoms with van der Waals surface area (Å²) in [5.41, 5.74) is 1.86. The third-order valence-electron chi connectivity index (χ3n) is 9.66. The van der Waals surface area contributed by atoms with E-state index >= 15 is 0 Å². The maximum atomic E-state index is 13.9. The Bertz CT molecular complexity index is 1600. The molecule has 234 valence electrons. The monoisotopic (exact) mass is 607 g/mol. The molecule has 3 aliphatic heterocycles. The van der Waals surface area contributed by atoms with E-state index in [0.29, 0.717) is 22.3 Å². The van der Waals surface area contributed by atoms with Crippen LogP contribution in [0.25, 0.3) is 0 Å². The zero-order valence-electron chi connectivity index (χ0n) is 26.0. The average Bonchev–Trinajstić information content (AvgIpc) is 3.01. The molecule has 0 amide bonds. The molecular formula is C32H37N3O9. The number of ketones is 2. The molecular weight excluding hydrogens is 570 g/mol. The van der Waals surface area contributed by atoms with Crippen molar-refractivity contribution in [2.75, 3.05) is 35.0 Å². The number of esters is 1. The lowest BCUT2D eigenvalue weighted by Crippen LogP contribution is -2.71. The molecule has 1 aromatic carbocycles.